The molecule has 1 aliphatic carbocycles. The van der Waals surface area contributed by atoms with Crippen molar-refractivity contribution in [2.45, 2.75) is 128 Å². The standard InChI is InChI=1S/C23H41NO3/c25-19-13-9-5-1-3-7-11-16-23(18-15-22(21-23)24-27)17-12-8-4-2-6-10-14-20-26/h19-20,22H,1-18,21H2. The van der Waals surface area contributed by atoms with Crippen LogP contribution in [0.1, 0.15) is 122 Å². The highest BCUT2D eigenvalue weighted by Gasteiger charge is 2.38. The molecule has 1 fully saturated rings. The molecule has 0 bridgehead atoms. The topological polar surface area (TPSA) is 63.6 Å². The summed E-state index contributed by atoms with van der Waals surface area (Å²) in [4.78, 5) is 31.6. The molecule has 0 heterocycles. The molecule has 4 nitrogen and oxygen atoms in total. The number of nitroso groups, excluding NO2 is 1. The number of carbonyl (C=O) groups excluding carboxylic acids is 2. The molecule has 0 aromatic heterocycles. The molecule has 156 valence electrons. The van der Waals surface area contributed by atoms with Gasteiger partial charge in [0.1, 0.15) is 12.6 Å². The van der Waals surface area contributed by atoms with Gasteiger partial charge in [-0.05, 0) is 50.4 Å². The SMILES string of the molecule is O=CCCCCCCCCC1(CCCCCCCCC=O)CCC(N=O)C1. The molecule has 0 spiro atoms. The van der Waals surface area contributed by atoms with Crippen molar-refractivity contribution >= 4 is 12.6 Å². The molecule has 0 aromatic carbocycles. The summed E-state index contributed by atoms with van der Waals surface area (Å²) in [5, 5.41) is 3.35. The van der Waals surface area contributed by atoms with Gasteiger partial charge in [-0.25, -0.2) is 0 Å². The van der Waals surface area contributed by atoms with Crippen LogP contribution in [0.5, 0.6) is 0 Å². The molecule has 0 radical (unpaired) electrons. The predicted molar refractivity (Wildman–Crippen MR) is 112 cm³/mol. The summed E-state index contributed by atoms with van der Waals surface area (Å²) in [6.07, 6.45) is 23.7. The van der Waals surface area contributed by atoms with E-state index in [0.29, 0.717) is 18.3 Å². The molecule has 4 heteroatoms. The smallest absolute Gasteiger partial charge is 0.119 e. The van der Waals surface area contributed by atoms with E-state index in [4.69, 9.17) is 0 Å². The average Bonchev–Trinajstić information content (AvgIpc) is 3.10. The first-order chi connectivity index (χ1) is 13.3. The molecule has 1 unspecified atom stereocenters. The second kappa shape index (κ2) is 15.9. The number of rotatable bonds is 19. The van der Waals surface area contributed by atoms with Gasteiger partial charge in [0.2, 0.25) is 0 Å². The Labute approximate surface area is 166 Å². The Morgan fingerprint density at radius 3 is 1.56 bits per heavy atom. The zero-order valence-corrected chi connectivity index (χ0v) is 17.3. The first-order valence-corrected chi connectivity index (χ1v) is 11.5. The number of hydrogen-bond acceptors (Lipinski definition) is 4. The summed E-state index contributed by atoms with van der Waals surface area (Å²) in [6, 6.07) is 0.0525. The van der Waals surface area contributed by atoms with E-state index in [2.05, 4.69) is 5.18 Å². The average molecular weight is 380 g/mol. The van der Waals surface area contributed by atoms with Crippen LogP contribution in [0, 0.1) is 10.3 Å². The van der Waals surface area contributed by atoms with Gasteiger partial charge in [-0.3, -0.25) is 0 Å². The number of hydrogen-bond donors (Lipinski definition) is 0. The van der Waals surface area contributed by atoms with E-state index in [1.165, 1.54) is 83.5 Å². The van der Waals surface area contributed by atoms with E-state index in [0.717, 1.165) is 38.3 Å². The number of nitrogens with zero attached hydrogens (tertiary/aromatic N) is 1. The molecule has 1 saturated carbocycles. The van der Waals surface area contributed by atoms with Crippen LogP contribution < -0.4 is 0 Å². The van der Waals surface area contributed by atoms with Crippen LogP contribution in [-0.4, -0.2) is 18.6 Å². The second-order valence-corrected chi connectivity index (χ2v) is 8.66. The molecular weight excluding hydrogens is 338 g/mol. The molecule has 1 aliphatic rings. The fourth-order valence-corrected chi connectivity index (χ4v) is 4.72. The van der Waals surface area contributed by atoms with E-state index in [1.54, 1.807) is 0 Å². The monoisotopic (exact) mass is 379 g/mol. The van der Waals surface area contributed by atoms with Crippen molar-refractivity contribution in [2.24, 2.45) is 10.6 Å². The fraction of sp³-hybridized carbons (Fsp3) is 0.913. The Morgan fingerprint density at radius 2 is 1.15 bits per heavy atom. The van der Waals surface area contributed by atoms with Crippen LogP contribution in [-0.2, 0) is 9.59 Å². The van der Waals surface area contributed by atoms with Gasteiger partial charge in [-0.1, -0.05) is 69.4 Å². The summed E-state index contributed by atoms with van der Waals surface area (Å²) in [7, 11) is 0. The lowest BCUT2D eigenvalue weighted by atomic mass is 9.76. The highest BCUT2D eigenvalue weighted by Crippen LogP contribution is 2.47. The van der Waals surface area contributed by atoms with Crippen LogP contribution in [0.4, 0.5) is 0 Å². The van der Waals surface area contributed by atoms with Crippen molar-refractivity contribution in [3.05, 3.63) is 4.91 Å². The lowest BCUT2D eigenvalue weighted by molar-refractivity contribution is -0.108. The number of aldehydes is 2. The zero-order valence-electron chi connectivity index (χ0n) is 17.3. The van der Waals surface area contributed by atoms with E-state index in [9.17, 15) is 14.5 Å². The van der Waals surface area contributed by atoms with E-state index < -0.39 is 0 Å². The van der Waals surface area contributed by atoms with Crippen LogP contribution in [0.15, 0.2) is 5.18 Å². The third-order valence-electron chi connectivity index (χ3n) is 6.38. The van der Waals surface area contributed by atoms with Gasteiger partial charge in [0, 0.05) is 12.8 Å². The molecule has 27 heavy (non-hydrogen) atoms. The van der Waals surface area contributed by atoms with E-state index in [-0.39, 0.29) is 6.04 Å². The van der Waals surface area contributed by atoms with Crippen molar-refractivity contribution in [2.75, 3.05) is 0 Å². The molecule has 0 aromatic rings. The van der Waals surface area contributed by atoms with Crippen LogP contribution >= 0.6 is 0 Å². The zero-order chi connectivity index (χ0) is 19.6. The van der Waals surface area contributed by atoms with Gasteiger partial charge in [-0.15, -0.1) is 0 Å². The summed E-state index contributed by atoms with van der Waals surface area (Å²) >= 11 is 0. The maximum atomic E-state index is 11.0. The molecule has 0 amide bonds. The van der Waals surface area contributed by atoms with Crippen molar-refractivity contribution in [1.82, 2.24) is 0 Å². The van der Waals surface area contributed by atoms with Crippen molar-refractivity contribution in [3.63, 3.8) is 0 Å². The maximum Gasteiger partial charge on any atom is 0.119 e. The lowest BCUT2D eigenvalue weighted by Crippen LogP contribution is -2.18. The lowest BCUT2D eigenvalue weighted by Gasteiger charge is -2.29. The Kier molecular flexibility index (Phi) is 14.2. The minimum Gasteiger partial charge on any atom is -0.303 e. The largest absolute Gasteiger partial charge is 0.303 e. The van der Waals surface area contributed by atoms with Crippen LogP contribution in [0.2, 0.25) is 0 Å². The summed E-state index contributed by atoms with van der Waals surface area (Å²) in [6.45, 7) is 0. The Hall–Kier alpha value is -1.06. The minimum absolute atomic E-state index is 0.0525. The summed E-state index contributed by atoms with van der Waals surface area (Å²) in [5.74, 6) is 0. The number of carbonyl (C=O) groups is 2. The third kappa shape index (κ3) is 11.4. The van der Waals surface area contributed by atoms with Crippen LogP contribution in [0.3, 0.4) is 0 Å². The van der Waals surface area contributed by atoms with E-state index in [1.807, 2.05) is 0 Å². The van der Waals surface area contributed by atoms with Gasteiger partial charge in [0.15, 0.2) is 0 Å². The molecule has 1 rings (SSSR count). The number of unbranched alkanes of at least 4 members (excludes halogenated alkanes) is 12. The van der Waals surface area contributed by atoms with Gasteiger partial charge in [0.05, 0.1) is 6.04 Å². The van der Waals surface area contributed by atoms with Crippen molar-refractivity contribution in [1.29, 1.82) is 0 Å². The quantitative estimate of drug-likeness (QED) is 0.139. The predicted octanol–water partition coefficient (Wildman–Crippen LogP) is 6.93. The highest BCUT2D eigenvalue weighted by atomic mass is 16.3. The third-order valence-corrected chi connectivity index (χ3v) is 6.38. The van der Waals surface area contributed by atoms with Gasteiger partial charge in [0.25, 0.3) is 0 Å². The van der Waals surface area contributed by atoms with E-state index >= 15 is 0 Å². The summed E-state index contributed by atoms with van der Waals surface area (Å²) in [5.41, 5.74) is 0.369. The minimum atomic E-state index is 0.0525. The molecular formula is C23H41NO3. The first-order valence-electron chi connectivity index (χ1n) is 11.5. The van der Waals surface area contributed by atoms with Gasteiger partial charge < -0.3 is 9.59 Å². The van der Waals surface area contributed by atoms with Crippen LogP contribution in [0.25, 0.3) is 0 Å². The Bertz CT molecular complexity index is 373. The highest BCUT2D eigenvalue weighted by molar-refractivity contribution is 5.49. The van der Waals surface area contributed by atoms with Crippen molar-refractivity contribution in [3.8, 4) is 0 Å². The fourth-order valence-electron chi connectivity index (χ4n) is 4.72. The maximum absolute atomic E-state index is 11.0. The molecule has 0 N–H and O–H groups in total. The Balaban J connectivity index is 2.18. The van der Waals surface area contributed by atoms with Gasteiger partial charge in [-0.2, -0.15) is 4.91 Å². The second-order valence-electron chi connectivity index (χ2n) is 8.66. The summed E-state index contributed by atoms with van der Waals surface area (Å²) < 4.78 is 0. The van der Waals surface area contributed by atoms with Gasteiger partial charge >= 0.3 is 0 Å². The normalized spacial score (nSPS) is 18.4. The Morgan fingerprint density at radius 1 is 0.704 bits per heavy atom. The first kappa shape index (κ1) is 24.0. The molecule has 0 aliphatic heterocycles. The molecule has 1 atom stereocenters. The molecule has 0 saturated heterocycles. The van der Waals surface area contributed by atoms with Crippen molar-refractivity contribution < 1.29 is 9.59 Å².